The van der Waals surface area contributed by atoms with Gasteiger partial charge in [0.25, 0.3) is 5.56 Å². The lowest BCUT2D eigenvalue weighted by molar-refractivity contribution is -0.134. The van der Waals surface area contributed by atoms with Crippen molar-refractivity contribution in [1.82, 2.24) is 9.47 Å². The molecular formula is C14H21N3O2. The zero-order valence-electron chi connectivity index (χ0n) is 11.5. The van der Waals surface area contributed by atoms with Crippen molar-refractivity contribution in [3.63, 3.8) is 0 Å². The van der Waals surface area contributed by atoms with Gasteiger partial charge in [0.2, 0.25) is 5.91 Å². The molecule has 2 rings (SSSR count). The molecule has 104 valence electrons. The number of hydrogen-bond donors (Lipinski definition) is 1. The summed E-state index contributed by atoms with van der Waals surface area (Å²) in [6.45, 7) is 6.01. The molecule has 1 aliphatic rings. The number of pyridine rings is 1. The zero-order chi connectivity index (χ0) is 14.0. The number of nitrogens with two attached hydrogens (primary N) is 1. The van der Waals surface area contributed by atoms with E-state index in [0.717, 1.165) is 19.5 Å². The molecule has 0 aliphatic carbocycles. The standard InChI is InChI=1S/C14H21N3O2/c1-10-5-6-16(7-11(10)2)14(19)9-17-8-12(15)3-4-13(17)18/h3-4,8,10-11H,5-7,9,15H2,1-2H3. The molecule has 0 saturated carbocycles. The predicted octanol–water partition coefficient (Wildman–Crippen LogP) is 0.935. The Labute approximate surface area is 113 Å². The highest BCUT2D eigenvalue weighted by Gasteiger charge is 2.25. The van der Waals surface area contributed by atoms with Gasteiger partial charge in [-0.25, -0.2) is 0 Å². The van der Waals surface area contributed by atoms with E-state index in [1.807, 2.05) is 4.90 Å². The summed E-state index contributed by atoms with van der Waals surface area (Å²) in [5, 5.41) is 0. The van der Waals surface area contributed by atoms with Crippen molar-refractivity contribution in [2.75, 3.05) is 18.8 Å². The second-order valence-electron chi connectivity index (χ2n) is 5.51. The van der Waals surface area contributed by atoms with Gasteiger partial charge >= 0.3 is 0 Å². The van der Waals surface area contributed by atoms with Crippen molar-refractivity contribution in [2.24, 2.45) is 11.8 Å². The van der Waals surface area contributed by atoms with Crippen molar-refractivity contribution in [3.05, 3.63) is 28.7 Å². The second-order valence-corrected chi connectivity index (χ2v) is 5.51. The highest BCUT2D eigenvalue weighted by Crippen LogP contribution is 2.22. The number of carbonyl (C=O) groups excluding carboxylic acids is 1. The van der Waals surface area contributed by atoms with Crippen LogP contribution in [0.25, 0.3) is 0 Å². The van der Waals surface area contributed by atoms with Gasteiger partial charge in [-0.2, -0.15) is 0 Å². The average Bonchev–Trinajstić information content (AvgIpc) is 2.37. The van der Waals surface area contributed by atoms with Crippen LogP contribution in [0.1, 0.15) is 20.3 Å². The molecule has 19 heavy (non-hydrogen) atoms. The first-order chi connectivity index (χ1) is 8.97. The van der Waals surface area contributed by atoms with E-state index in [9.17, 15) is 9.59 Å². The fourth-order valence-corrected chi connectivity index (χ4v) is 2.41. The van der Waals surface area contributed by atoms with Crippen LogP contribution in [0.3, 0.4) is 0 Å². The highest BCUT2D eigenvalue weighted by atomic mass is 16.2. The Morgan fingerprint density at radius 3 is 2.79 bits per heavy atom. The third kappa shape index (κ3) is 3.16. The number of amides is 1. The van der Waals surface area contributed by atoms with Crippen LogP contribution in [0.15, 0.2) is 23.1 Å². The summed E-state index contributed by atoms with van der Waals surface area (Å²) in [5.41, 5.74) is 5.94. The maximum Gasteiger partial charge on any atom is 0.251 e. The van der Waals surface area contributed by atoms with Gasteiger partial charge in [0, 0.05) is 31.0 Å². The number of hydrogen-bond acceptors (Lipinski definition) is 3. The van der Waals surface area contributed by atoms with Crippen LogP contribution in [-0.2, 0) is 11.3 Å². The highest BCUT2D eigenvalue weighted by molar-refractivity contribution is 5.76. The Morgan fingerprint density at radius 2 is 2.11 bits per heavy atom. The van der Waals surface area contributed by atoms with Crippen LogP contribution in [0.4, 0.5) is 5.69 Å². The molecule has 1 amide bonds. The van der Waals surface area contributed by atoms with Crippen LogP contribution >= 0.6 is 0 Å². The van der Waals surface area contributed by atoms with Gasteiger partial charge in [0.05, 0.1) is 0 Å². The molecule has 1 aliphatic heterocycles. The van der Waals surface area contributed by atoms with Crippen molar-refractivity contribution in [1.29, 1.82) is 0 Å². The van der Waals surface area contributed by atoms with E-state index in [2.05, 4.69) is 13.8 Å². The number of carbonyl (C=O) groups is 1. The molecule has 1 saturated heterocycles. The van der Waals surface area contributed by atoms with E-state index in [1.165, 1.54) is 16.8 Å². The summed E-state index contributed by atoms with van der Waals surface area (Å²) < 4.78 is 1.38. The van der Waals surface area contributed by atoms with Gasteiger partial charge in [-0.05, 0) is 24.3 Å². The summed E-state index contributed by atoms with van der Waals surface area (Å²) in [6, 6.07) is 2.94. The first-order valence-corrected chi connectivity index (χ1v) is 6.71. The molecule has 0 aromatic carbocycles. The zero-order valence-corrected chi connectivity index (χ0v) is 11.5. The molecule has 0 spiro atoms. The molecule has 2 unspecified atom stereocenters. The molecule has 2 atom stereocenters. The molecule has 1 aromatic heterocycles. The summed E-state index contributed by atoms with van der Waals surface area (Å²) in [6.07, 6.45) is 2.55. The third-order valence-electron chi connectivity index (χ3n) is 4.00. The van der Waals surface area contributed by atoms with Crippen LogP contribution in [0.5, 0.6) is 0 Å². The lowest BCUT2D eigenvalue weighted by Crippen LogP contribution is -2.44. The minimum absolute atomic E-state index is 0.00792. The quantitative estimate of drug-likeness (QED) is 0.863. The van der Waals surface area contributed by atoms with Crippen LogP contribution < -0.4 is 11.3 Å². The number of rotatable bonds is 2. The Balaban J connectivity index is 2.05. The van der Waals surface area contributed by atoms with Gasteiger partial charge in [0.15, 0.2) is 0 Å². The van der Waals surface area contributed by atoms with E-state index in [0.29, 0.717) is 17.5 Å². The molecule has 1 fully saturated rings. The van der Waals surface area contributed by atoms with Crippen LogP contribution in [-0.4, -0.2) is 28.5 Å². The van der Waals surface area contributed by atoms with E-state index < -0.39 is 0 Å². The van der Waals surface area contributed by atoms with Gasteiger partial charge in [-0.15, -0.1) is 0 Å². The average molecular weight is 263 g/mol. The van der Waals surface area contributed by atoms with Gasteiger partial charge in [-0.3, -0.25) is 9.59 Å². The van der Waals surface area contributed by atoms with Crippen LogP contribution in [0.2, 0.25) is 0 Å². The number of likely N-dealkylation sites (tertiary alicyclic amines) is 1. The fraction of sp³-hybridized carbons (Fsp3) is 0.571. The Morgan fingerprint density at radius 1 is 1.37 bits per heavy atom. The van der Waals surface area contributed by atoms with E-state index in [-0.39, 0.29) is 18.0 Å². The molecule has 5 nitrogen and oxygen atoms in total. The number of aromatic nitrogens is 1. The predicted molar refractivity (Wildman–Crippen MR) is 74.6 cm³/mol. The lowest BCUT2D eigenvalue weighted by Gasteiger charge is -2.35. The molecule has 0 radical (unpaired) electrons. The van der Waals surface area contributed by atoms with E-state index >= 15 is 0 Å². The van der Waals surface area contributed by atoms with Crippen molar-refractivity contribution < 1.29 is 4.79 Å². The summed E-state index contributed by atoms with van der Waals surface area (Å²) >= 11 is 0. The molecule has 2 heterocycles. The maximum atomic E-state index is 12.2. The van der Waals surface area contributed by atoms with Crippen molar-refractivity contribution in [3.8, 4) is 0 Å². The normalized spacial score (nSPS) is 23.4. The van der Waals surface area contributed by atoms with Crippen LogP contribution in [0, 0.1) is 11.8 Å². The van der Waals surface area contributed by atoms with E-state index in [4.69, 9.17) is 5.73 Å². The summed E-state index contributed by atoms with van der Waals surface area (Å²) in [5.74, 6) is 1.15. The Kier molecular flexibility index (Phi) is 3.93. The SMILES string of the molecule is CC1CCN(C(=O)Cn2cc(N)ccc2=O)CC1C. The summed E-state index contributed by atoms with van der Waals surface area (Å²) in [7, 11) is 0. The molecule has 0 bridgehead atoms. The van der Waals surface area contributed by atoms with E-state index in [1.54, 1.807) is 6.07 Å². The Hall–Kier alpha value is -1.78. The largest absolute Gasteiger partial charge is 0.398 e. The molecule has 1 aromatic rings. The van der Waals surface area contributed by atoms with Gasteiger partial charge in [-0.1, -0.05) is 13.8 Å². The van der Waals surface area contributed by atoms with Gasteiger partial charge in [0.1, 0.15) is 6.54 Å². The molecular weight excluding hydrogens is 242 g/mol. The minimum Gasteiger partial charge on any atom is -0.398 e. The number of nitrogens with zero attached hydrogens (tertiary/aromatic N) is 2. The smallest absolute Gasteiger partial charge is 0.251 e. The second kappa shape index (κ2) is 5.47. The minimum atomic E-state index is -0.194. The first kappa shape index (κ1) is 13.6. The van der Waals surface area contributed by atoms with Crippen molar-refractivity contribution >= 4 is 11.6 Å². The van der Waals surface area contributed by atoms with Crippen molar-refractivity contribution in [2.45, 2.75) is 26.8 Å². The number of piperidine rings is 1. The lowest BCUT2D eigenvalue weighted by atomic mass is 9.89. The summed E-state index contributed by atoms with van der Waals surface area (Å²) in [4.78, 5) is 25.7. The first-order valence-electron chi connectivity index (χ1n) is 6.71. The number of nitrogen functional groups attached to an aromatic ring is 1. The molecule has 2 N–H and O–H groups in total. The Bertz CT molecular complexity index is 524. The maximum absolute atomic E-state index is 12.2. The molecule has 5 heteroatoms. The topological polar surface area (TPSA) is 68.3 Å². The third-order valence-corrected chi connectivity index (χ3v) is 4.00. The fourth-order valence-electron chi connectivity index (χ4n) is 2.41. The number of anilines is 1. The monoisotopic (exact) mass is 263 g/mol. The van der Waals surface area contributed by atoms with Gasteiger partial charge < -0.3 is 15.2 Å².